The average Bonchev–Trinajstić information content (AvgIpc) is 2.32. The van der Waals surface area contributed by atoms with Gasteiger partial charge in [0.2, 0.25) is 0 Å². The van der Waals surface area contributed by atoms with E-state index >= 15 is 0 Å². The molecule has 1 N–H and O–H groups in total. The largest absolute Gasteiger partial charge is 0.486 e. The lowest BCUT2D eigenvalue weighted by Crippen LogP contribution is -2.19. The van der Waals surface area contributed by atoms with E-state index in [9.17, 15) is 9.90 Å². The molecule has 0 radical (unpaired) electrons. The van der Waals surface area contributed by atoms with E-state index in [4.69, 9.17) is 21.1 Å². The number of hydrogen-bond acceptors (Lipinski definition) is 4. The lowest BCUT2D eigenvalue weighted by Gasteiger charge is -2.23. The Kier molecular flexibility index (Phi) is 3.54. The van der Waals surface area contributed by atoms with E-state index in [0.717, 1.165) is 0 Å². The van der Waals surface area contributed by atoms with Gasteiger partial charge in [0.25, 0.3) is 0 Å². The Labute approximate surface area is 104 Å². The second-order valence-corrected chi connectivity index (χ2v) is 4.36. The van der Waals surface area contributed by atoms with Crippen LogP contribution in [0.3, 0.4) is 0 Å². The highest BCUT2D eigenvalue weighted by atomic mass is 35.5. The Hall–Kier alpha value is -1.26. The van der Waals surface area contributed by atoms with Crippen LogP contribution in [0.5, 0.6) is 11.5 Å². The fraction of sp³-hybridized carbons (Fsp3) is 0.417. The molecule has 1 aliphatic rings. The Morgan fingerprint density at radius 3 is 2.71 bits per heavy atom. The van der Waals surface area contributed by atoms with Crippen molar-refractivity contribution in [2.75, 3.05) is 13.2 Å². The Balaban J connectivity index is 2.55. The van der Waals surface area contributed by atoms with Crippen molar-refractivity contribution < 1.29 is 19.4 Å². The lowest BCUT2D eigenvalue weighted by molar-refractivity contribution is 0.111. The molecule has 0 spiro atoms. The summed E-state index contributed by atoms with van der Waals surface area (Å²) in [6.07, 6.45) is 0.513. The van der Waals surface area contributed by atoms with Gasteiger partial charge < -0.3 is 14.6 Å². The van der Waals surface area contributed by atoms with Crippen LogP contribution in [0.15, 0.2) is 6.07 Å². The third kappa shape index (κ3) is 2.37. The average molecular weight is 257 g/mol. The maximum atomic E-state index is 10.9. The molecular weight excluding hydrogens is 244 g/mol. The highest BCUT2D eigenvalue weighted by molar-refractivity contribution is 6.32. The quantitative estimate of drug-likeness (QED) is 0.839. The highest BCUT2D eigenvalue weighted by Gasteiger charge is 2.23. The molecule has 1 unspecified atom stereocenters. The summed E-state index contributed by atoms with van der Waals surface area (Å²) in [5, 5.41) is 9.85. The molecule has 0 saturated heterocycles. The minimum atomic E-state index is -0.538. The predicted molar refractivity (Wildman–Crippen MR) is 63.2 cm³/mol. The first kappa shape index (κ1) is 12.2. The van der Waals surface area contributed by atoms with Gasteiger partial charge in [0.1, 0.15) is 13.2 Å². The third-order valence-electron chi connectivity index (χ3n) is 2.52. The fourth-order valence-corrected chi connectivity index (χ4v) is 2.11. The van der Waals surface area contributed by atoms with Crippen molar-refractivity contribution >= 4 is 17.9 Å². The number of ether oxygens (including phenoxy) is 2. The van der Waals surface area contributed by atoms with Crippen LogP contribution in [0.4, 0.5) is 0 Å². The predicted octanol–water partition coefficient (Wildman–Crippen LogP) is 1.85. The van der Waals surface area contributed by atoms with E-state index in [-0.39, 0.29) is 0 Å². The van der Waals surface area contributed by atoms with Gasteiger partial charge in [-0.2, -0.15) is 0 Å². The lowest BCUT2D eigenvalue weighted by atomic mass is 10.0. The van der Waals surface area contributed by atoms with Crippen LogP contribution < -0.4 is 9.47 Å². The summed E-state index contributed by atoms with van der Waals surface area (Å²) in [5.74, 6) is 0.901. The number of benzene rings is 1. The van der Waals surface area contributed by atoms with Crippen LogP contribution in [0.2, 0.25) is 5.02 Å². The zero-order valence-corrected chi connectivity index (χ0v) is 10.2. The molecule has 1 heterocycles. The van der Waals surface area contributed by atoms with Crippen molar-refractivity contribution in [3.05, 3.63) is 22.2 Å². The standard InChI is InChI=1S/C12H13ClO4/c1-7(15)4-9-10(13)5-8(6-14)11-12(9)17-3-2-16-11/h5-7,15H,2-4H2,1H3. The van der Waals surface area contributed by atoms with Crippen LogP contribution in [0, 0.1) is 0 Å². The third-order valence-corrected chi connectivity index (χ3v) is 2.85. The number of aldehydes is 1. The Morgan fingerprint density at radius 1 is 1.47 bits per heavy atom. The number of hydrogen-bond donors (Lipinski definition) is 1. The zero-order chi connectivity index (χ0) is 12.4. The summed E-state index contributed by atoms with van der Waals surface area (Å²) >= 11 is 6.08. The minimum Gasteiger partial charge on any atom is -0.486 e. The fourth-order valence-electron chi connectivity index (χ4n) is 1.83. The van der Waals surface area contributed by atoms with Gasteiger partial charge in [-0.15, -0.1) is 0 Å². The first-order valence-electron chi connectivity index (χ1n) is 5.37. The van der Waals surface area contributed by atoms with E-state index in [0.29, 0.717) is 53.6 Å². The van der Waals surface area contributed by atoms with Gasteiger partial charge in [-0.05, 0) is 13.0 Å². The maximum Gasteiger partial charge on any atom is 0.172 e. The SMILES string of the molecule is CC(O)Cc1c(Cl)cc(C=O)c2c1OCCO2. The van der Waals surface area contributed by atoms with Crippen molar-refractivity contribution in [1.29, 1.82) is 0 Å². The molecule has 0 aliphatic carbocycles. The van der Waals surface area contributed by atoms with Gasteiger partial charge in [0.15, 0.2) is 17.8 Å². The summed E-state index contributed by atoms with van der Waals surface area (Å²) in [4.78, 5) is 10.9. The highest BCUT2D eigenvalue weighted by Crippen LogP contribution is 2.41. The first-order chi connectivity index (χ1) is 8.13. The van der Waals surface area contributed by atoms with Crippen molar-refractivity contribution in [3.63, 3.8) is 0 Å². The van der Waals surface area contributed by atoms with Gasteiger partial charge >= 0.3 is 0 Å². The van der Waals surface area contributed by atoms with Crippen molar-refractivity contribution in [2.24, 2.45) is 0 Å². The molecule has 4 nitrogen and oxygen atoms in total. The molecule has 1 atom stereocenters. The number of carbonyl (C=O) groups excluding carboxylic acids is 1. The molecule has 0 amide bonds. The van der Waals surface area contributed by atoms with Crippen molar-refractivity contribution in [2.45, 2.75) is 19.4 Å². The van der Waals surface area contributed by atoms with Gasteiger partial charge in [0.05, 0.1) is 11.7 Å². The second-order valence-electron chi connectivity index (χ2n) is 3.95. The van der Waals surface area contributed by atoms with Crippen LogP contribution >= 0.6 is 11.6 Å². The van der Waals surface area contributed by atoms with Gasteiger partial charge in [0, 0.05) is 17.0 Å². The maximum absolute atomic E-state index is 10.9. The summed E-state index contributed by atoms with van der Waals surface area (Å²) in [6.45, 7) is 2.49. The van der Waals surface area contributed by atoms with E-state index in [1.807, 2.05) is 0 Å². The molecule has 0 saturated carbocycles. The summed E-state index contributed by atoms with van der Waals surface area (Å²) in [7, 11) is 0. The van der Waals surface area contributed by atoms with E-state index in [1.165, 1.54) is 0 Å². The van der Waals surface area contributed by atoms with Crippen LogP contribution in [0.1, 0.15) is 22.8 Å². The van der Waals surface area contributed by atoms with E-state index in [2.05, 4.69) is 0 Å². The Bertz CT molecular complexity index is 443. The first-order valence-corrected chi connectivity index (χ1v) is 5.75. The number of halogens is 1. The molecule has 1 aromatic rings. The van der Waals surface area contributed by atoms with Crippen LogP contribution in [0.25, 0.3) is 0 Å². The number of rotatable bonds is 3. The molecule has 92 valence electrons. The smallest absolute Gasteiger partial charge is 0.172 e. The summed E-state index contributed by atoms with van der Waals surface area (Å²) in [6, 6.07) is 1.54. The molecular formula is C12H13ClO4. The molecule has 1 aliphatic heterocycles. The zero-order valence-electron chi connectivity index (χ0n) is 9.40. The van der Waals surface area contributed by atoms with E-state index < -0.39 is 6.10 Å². The number of carbonyl (C=O) groups is 1. The molecule has 2 rings (SSSR count). The molecule has 1 aromatic carbocycles. The van der Waals surface area contributed by atoms with Gasteiger partial charge in [-0.3, -0.25) is 4.79 Å². The number of aliphatic hydroxyl groups is 1. The minimum absolute atomic E-state index is 0.365. The number of fused-ring (bicyclic) bond motifs is 1. The normalized spacial score (nSPS) is 15.5. The molecule has 0 fully saturated rings. The molecule has 0 aromatic heterocycles. The molecule has 0 bridgehead atoms. The molecule has 5 heteroatoms. The molecule has 17 heavy (non-hydrogen) atoms. The van der Waals surface area contributed by atoms with Crippen LogP contribution in [-0.4, -0.2) is 30.7 Å². The van der Waals surface area contributed by atoms with Crippen molar-refractivity contribution in [3.8, 4) is 11.5 Å². The number of aliphatic hydroxyl groups excluding tert-OH is 1. The van der Waals surface area contributed by atoms with Crippen LogP contribution in [-0.2, 0) is 6.42 Å². The monoisotopic (exact) mass is 256 g/mol. The summed E-state index contributed by atoms with van der Waals surface area (Å²) < 4.78 is 10.9. The Morgan fingerprint density at radius 2 is 2.12 bits per heavy atom. The van der Waals surface area contributed by atoms with Crippen molar-refractivity contribution in [1.82, 2.24) is 0 Å². The van der Waals surface area contributed by atoms with E-state index in [1.54, 1.807) is 13.0 Å². The van der Waals surface area contributed by atoms with Gasteiger partial charge in [-0.25, -0.2) is 0 Å². The van der Waals surface area contributed by atoms with Gasteiger partial charge in [-0.1, -0.05) is 11.6 Å². The summed E-state index contributed by atoms with van der Waals surface area (Å²) in [5.41, 5.74) is 1.06. The second kappa shape index (κ2) is 4.94. The topological polar surface area (TPSA) is 55.8 Å².